The summed E-state index contributed by atoms with van der Waals surface area (Å²) in [5.74, 6) is 0.694. The van der Waals surface area contributed by atoms with E-state index in [-0.39, 0.29) is 24.0 Å². The van der Waals surface area contributed by atoms with Crippen LogP contribution in [-0.4, -0.2) is 29.3 Å². The molecule has 1 aromatic carbocycles. The molecule has 0 amide bonds. The third-order valence-corrected chi connectivity index (χ3v) is 3.39. The van der Waals surface area contributed by atoms with Crippen molar-refractivity contribution in [3.8, 4) is 5.75 Å². The number of anilines is 1. The molecule has 0 aliphatic rings. The first-order valence-corrected chi connectivity index (χ1v) is 7.47. The van der Waals surface area contributed by atoms with Crippen molar-refractivity contribution in [3.63, 3.8) is 0 Å². The summed E-state index contributed by atoms with van der Waals surface area (Å²) in [6.07, 6.45) is -4.70. The van der Waals surface area contributed by atoms with Crippen LogP contribution in [-0.2, 0) is 6.18 Å². The molecule has 2 N–H and O–H groups in total. The second-order valence-electron chi connectivity index (χ2n) is 5.21. The largest absolute Gasteiger partial charge is 0.491 e. The van der Waals surface area contributed by atoms with Gasteiger partial charge in [-0.1, -0.05) is 23.7 Å². The van der Waals surface area contributed by atoms with Gasteiger partial charge in [-0.05, 0) is 30.7 Å². The highest BCUT2D eigenvalue weighted by molar-refractivity contribution is 6.32. The van der Waals surface area contributed by atoms with Gasteiger partial charge in [0.15, 0.2) is 0 Å². The van der Waals surface area contributed by atoms with Crippen LogP contribution in [0.3, 0.4) is 0 Å². The lowest BCUT2D eigenvalue weighted by molar-refractivity contribution is -0.137. The van der Waals surface area contributed by atoms with Crippen LogP contribution in [0.15, 0.2) is 36.5 Å². The molecule has 24 heavy (non-hydrogen) atoms. The summed E-state index contributed by atoms with van der Waals surface area (Å²) in [6, 6.07) is 8.13. The summed E-state index contributed by atoms with van der Waals surface area (Å²) in [6.45, 7) is 1.97. The first-order valence-electron chi connectivity index (χ1n) is 7.10. The minimum Gasteiger partial charge on any atom is -0.491 e. The molecule has 0 fully saturated rings. The molecule has 0 aliphatic heterocycles. The fraction of sp³-hybridized carbons (Fsp3) is 0.312. The predicted octanol–water partition coefficient (Wildman–Crippen LogP) is 3.91. The van der Waals surface area contributed by atoms with Crippen LogP contribution in [0.25, 0.3) is 0 Å². The van der Waals surface area contributed by atoms with E-state index in [1.54, 1.807) is 6.07 Å². The first-order chi connectivity index (χ1) is 11.3. The van der Waals surface area contributed by atoms with Gasteiger partial charge in [0.2, 0.25) is 0 Å². The molecule has 130 valence electrons. The number of aliphatic hydroxyl groups is 1. The molecular weight excluding hydrogens is 345 g/mol. The molecule has 8 heteroatoms. The molecule has 0 saturated carbocycles. The molecular formula is C16H16ClF3N2O2. The molecule has 1 heterocycles. The number of halogens is 4. The number of rotatable bonds is 6. The fourth-order valence-electron chi connectivity index (χ4n) is 1.89. The second kappa shape index (κ2) is 7.72. The maximum atomic E-state index is 12.5. The molecule has 1 unspecified atom stereocenters. The molecule has 2 aromatic rings. The van der Waals surface area contributed by atoms with Gasteiger partial charge in [-0.15, -0.1) is 0 Å². The average Bonchev–Trinajstić information content (AvgIpc) is 2.51. The number of alkyl halides is 3. The summed E-state index contributed by atoms with van der Waals surface area (Å²) in [7, 11) is 0. The van der Waals surface area contributed by atoms with E-state index in [1.165, 1.54) is 0 Å². The highest BCUT2D eigenvalue weighted by Gasteiger charge is 2.31. The lowest BCUT2D eigenvalue weighted by Crippen LogP contribution is -2.26. The van der Waals surface area contributed by atoms with E-state index in [9.17, 15) is 18.3 Å². The number of hydrogen-bond acceptors (Lipinski definition) is 4. The second-order valence-corrected chi connectivity index (χ2v) is 5.62. The summed E-state index contributed by atoms with van der Waals surface area (Å²) >= 11 is 5.77. The van der Waals surface area contributed by atoms with Gasteiger partial charge in [0.05, 0.1) is 10.6 Å². The van der Waals surface area contributed by atoms with Crippen LogP contribution in [0, 0.1) is 6.92 Å². The quantitative estimate of drug-likeness (QED) is 0.820. The minimum absolute atomic E-state index is 0.0225. The Balaban J connectivity index is 1.86. The number of benzene rings is 1. The third-order valence-electron chi connectivity index (χ3n) is 3.11. The van der Waals surface area contributed by atoms with E-state index < -0.39 is 17.8 Å². The Morgan fingerprint density at radius 3 is 2.71 bits per heavy atom. The normalized spacial score (nSPS) is 12.8. The van der Waals surface area contributed by atoms with Crippen molar-refractivity contribution in [3.05, 3.63) is 52.7 Å². The van der Waals surface area contributed by atoms with Crippen molar-refractivity contribution < 1.29 is 23.0 Å². The summed E-state index contributed by atoms with van der Waals surface area (Å²) in [5, 5.41) is 12.4. The molecule has 1 atom stereocenters. The highest BCUT2D eigenvalue weighted by atomic mass is 35.5. The molecule has 0 spiro atoms. The van der Waals surface area contributed by atoms with E-state index >= 15 is 0 Å². The Morgan fingerprint density at radius 2 is 2.08 bits per heavy atom. The standard InChI is InChI=1S/C16H16ClF3N2O2/c1-10-3-2-4-13(5-10)24-9-12(23)8-22-15-14(17)6-11(7-21-15)16(18,19)20/h2-7,12,23H,8-9H2,1H3,(H,21,22). The number of nitrogens with zero attached hydrogens (tertiary/aromatic N) is 1. The van der Waals surface area contributed by atoms with Gasteiger partial charge in [-0.2, -0.15) is 13.2 Å². The summed E-state index contributed by atoms with van der Waals surface area (Å²) < 4.78 is 43.0. The highest BCUT2D eigenvalue weighted by Crippen LogP contribution is 2.32. The van der Waals surface area contributed by atoms with E-state index in [1.807, 2.05) is 25.1 Å². The minimum atomic E-state index is -4.50. The van der Waals surface area contributed by atoms with Crippen LogP contribution in [0.5, 0.6) is 5.75 Å². The SMILES string of the molecule is Cc1cccc(OCC(O)CNc2ncc(C(F)(F)F)cc2Cl)c1. The van der Waals surface area contributed by atoms with Crippen LogP contribution in [0.4, 0.5) is 19.0 Å². The third kappa shape index (κ3) is 5.28. The Morgan fingerprint density at radius 1 is 1.33 bits per heavy atom. The van der Waals surface area contributed by atoms with Crippen LogP contribution < -0.4 is 10.1 Å². The predicted molar refractivity (Wildman–Crippen MR) is 85.4 cm³/mol. The van der Waals surface area contributed by atoms with Crippen molar-refractivity contribution in [1.29, 1.82) is 0 Å². The van der Waals surface area contributed by atoms with E-state index in [2.05, 4.69) is 10.3 Å². The Kier molecular flexibility index (Phi) is 5.90. The van der Waals surface area contributed by atoms with Gasteiger partial charge < -0.3 is 15.2 Å². The van der Waals surface area contributed by atoms with E-state index in [0.717, 1.165) is 11.6 Å². The molecule has 4 nitrogen and oxygen atoms in total. The number of ether oxygens (including phenoxy) is 1. The van der Waals surface area contributed by atoms with Gasteiger partial charge >= 0.3 is 6.18 Å². The zero-order valence-corrected chi connectivity index (χ0v) is 13.5. The lowest BCUT2D eigenvalue weighted by atomic mass is 10.2. The number of pyridine rings is 1. The van der Waals surface area contributed by atoms with Gasteiger partial charge in [0.25, 0.3) is 0 Å². The molecule has 1 aromatic heterocycles. The van der Waals surface area contributed by atoms with Crippen LogP contribution in [0.1, 0.15) is 11.1 Å². The van der Waals surface area contributed by atoms with Crippen LogP contribution in [0.2, 0.25) is 5.02 Å². The molecule has 0 radical (unpaired) electrons. The molecule has 2 rings (SSSR count). The zero-order chi connectivity index (χ0) is 17.7. The number of hydrogen-bond donors (Lipinski definition) is 2. The Hall–Kier alpha value is -1.99. The smallest absolute Gasteiger partial charge is 0.417 e. The van der Waals surface area contributed by atoms with Crippen molar-refractivity contribution in [2.45, 2.75) is 19.2 Å². The van der Waals surface area contributed by atoms with Crippen molar-refractivity contribution >= 4 is 17.4 Å². The number of aryl methyl sites for hydroxylation is 1. The Bertz CT molecular complexity index is 695. The van der Waals surface area contributed by atoms with Crippen molar-refractivity contribution in [2.24, 2.45) is 0 Å². The maximum absolute atomic E-state index is 12.5. The van der Waals surface area contributed by atoms with Gasteiger partial charge in [0.1, 0.15) is 24.3 Å². The first kappa shape index (κ1) is 18.4. The number of aromatic nitrogens is 1. The van der Waals surface area contributed by atoms with Gasteiger partial charge in [-0.25, -0.2) is 4.98 Å². The lowest BCUT2D eigenvalue weighted by Gasteiger charge is -2.15. The zero-order valence-electron chi connectivity index (χ0n) is 12.8. The summed E-state index contributed by atoms with van der Waals surface area (Å²) in [4.78, 5) is 3.63. The monoisotopic (exact) mass is 360 g/mol. The van der Waals surface area contributed by atoms with E-state index in [4.69, 9.17) is 16.3 Å². The number of nitrogens with one attached hydrogen (secondary N) is 1. The number of aliphatic hydroxyl groups excluding tert-OH is 1. The molecule has 0 saturated heterocycles. The van der Waals surface area contributed by atoms with Gasteiger partial charge in [0, 0.05) is 12.7 Å². The van der Waals surface area contributed by atoms with Crippen molar-refractivity contribution in [2.75, 3.05) is 18.5 Å². The maximum Gasteiger partial charge on any atom is 0.417 e. The van der Waals surface area contributed by atoms with Gasteiger partial charge in [-0.3, -0.25) is 0 Å². The Labute approximate surface area is 142 Å². The molecule has 0 bridgehead atoms. The average molecular weight is 361 g/mol. The summed E-state index contributed by atoms with van der Waals surface area (Å²) in [5.41, 5.74) is 0.0993. The fourth-order valence-corrected chi connectivity index (χ4v) is 2.13. The van der Waals surface area contributed by atoms with E-state index in [0.29, 0.717) is 11.9 Å². The van der Waals surface area contributed by atoms with Crippen molar-refractivity contribution in [1.82, 2.24) is 4.98 Å². The molecule has 0 aliphatic carbocycles. The topological polar surface area (TPSA) is 54.4 Å². The van der Waals surface area contributed by atoms with Crippen LogP contribution >= 0.6 is 11.6 Å².